The molecular formula is C8H13F2NO2. The molecule has 1 amide bonds. The van der Waals surface area contributed by atoms with E-state index in [0.29, 0.717) is 20.1 Å². The van der Waals surface area contributed by atoms with Crippen molar-refractivity contribution in [3.05, 3.63) is 0 Å². The van der Waals surface area contributed by atoms with Crippen molar-refractivity contribution in [2.24, 2.45) is 5.41 Å². The summed E-state index contributed by atoms with van der Waals surface area (Å²) >= 11 is 0. The van der Waals surface area contributed by atoms with E-state index in [4.69, 9.17) is 4.74 Å². The second kappa shape index (κ2) is 3.21. The summed E-state index contributed by atoms with van der Waals surface area (Å²) in [6.07, 6.45) is 0. The number of carbonyl (C=O) groups excluding carboxylic acids is 1. The predicted molar refractivity (Wildman–Crippen MR) is 42.6 cm³/mol. The highest BCUT2D eigenvalue weighted by Crippen LogP contribution is 2.25. The van der Waals surface area contributed by atoms with E-state index in [2.05, 4.69) is 5.32 Å². The van der Waals surface area contributed by atoms with Gasteiger partial charge in [-0.15, -0.1) is 0 Å². The molecule has 0 aromatic heterocycles. The van der Waals surface area contributed by atoms with E-state index in [0.717, 1.165) is 0 Å². The number of amides is 1. The zero-order valence-electron chi connectivity index (χ0n) is 7.69. The predicted octanol–water partition coefficient (Wildman–Crippen LogP) is 0.794. The molecule has 1 aliphatic rings. The lowest BCUT2D eigenvalue weighted by molar-refractivity contribution is -0.146. The Morgan fingerprint density at radius 1 is 1.62 bits per heavy atom. The Hall–Kier alpha value is -0.710. The normalized spacial score (nSPS) is 20.6. The second-order valence-electron chi connectivity index (χ2n) is 3.87. The van der Waals surface area contributed by atoms with Gasteiger partial charge in [-0.25, -0.2) is 0 Å². The van der Waals surface area contributed by atoms with Crippen LogP contribution in [-0.4, -0.2) is 31.6 Å². The Kier molecular flexibility index (Phi) is 2.56. The summed E-state index contributed by atoms with van der Waals surface area (Å²) in [5.41, 5.74) is -0.166. The number of halogens is 2. The highest BCUT2D eigenvalue weighted by atomic mass is 19.3. The average molecular weight is 193 g/mol. The molecule has 1 fully saturated rings. The third kappa shape index (κ3) is 2.62. The van der Waals surface area contributed by atoms with E-state index in [9.17, 15) is 13.6 Å². The van der Waals surface area contributed by atoms with Gasteiger partial charge in [-0.2, -0.15) is 8.78 Å². The minimum atomic E-state index is -3.29. The first-order valence-electron chi connectivity index (χ1n) is 4.07. The minimum Gasteiger partial charge on any atom is -0.380 e. The Balaban J connectivity index is 2.30. The fourth-order valence-electron chi connectivity index (χ4n) is 1.00. The van der Waals surface area contributed by atoms with Gasteiger partial charge in [-0.1, -0.05) is 6.92 Å². The minimum absolute atomic E-state index is 0.166. The van der Waals surface area contributed by atoms with E-state index >= 15 is 0 Å². The van der Waals surface area contributed by atoms with Crippen LogP contribution in [0.5, 0.6) is 0 Å². The van der Waals surface area contributed by atoms with Gasteiger partial charge in [0.2, 0.25) is 0 Å². The zero-order chi connectivity index (χ0) is 10.1. The molecule has 0 aromatic rings. The maximum atomic E-state index is 12.4. The van der Waals surface area contributed by atoms with Crippen LogP contribution in [0.1, 0.15) is 13.8 Å². The van der Waals surface area contributed by atoms with E-state index in [-0.39, 0.29) is 12.0 Å². The maximum Gasteiger partial charge on any atom is 0.321 e. The fourth-order valence-corrected chi connectivity index (χ4v) is 1.00. The molecule has 0 saturated carbocycles. The molecule has 0 unspecified atom stereocenters. The Morgan fingerprint density at radius 3 is 2.46 bits per heavy atom. The molecule has 1 heterocycles. The molecule has 0 atom stereocenters. The molecule has 0 bridgehead atoms. The third-order valence-electron chi connectivity index (χ3n) is 1.98. The van der Waals surface area contributed by atoms with Gasteiger partial charge < -0.3 is 10.1 Å². The Bertz CT molecular complexity index is 209. The monoisotopic (exact) mass is 193 g/mol. The lowest BCUT2D eigenvalue weighted by atomic mass is 9.89. The van der Waals surface area contributed by atoms with Crippen molar-refractivity contribution in [2.75, 3.05) is 19.8 Å². The third-order valence-corrected chi connectivity index (χ3v) is 1.98. The smallest absolute Gasteiger partial charge is 0.321 e. The van der Waals surface area contributed by atoms with Crippen LogP contribution in [0.4, 0.5) is 8.78 Å². The molecule has 1 N–H and O–H groups in total. The topological polar surface area (TPSA) is 38.3 Å². The van der Waals surface area contributed by atoms with Crippen LogP contribution in [0.15, 0.2) is 0 Å². The number of carbonyl (C=O) groups is 1. The number of alkyl halides is 2. The summed E-state index contributed by atoms with van der Waals surface area (Å²) in [5.74, 6) is -4.51. The van der Waals surface area contributed by atoms with Crippen molar-refractivity contribution in [1.29, 1.82) is 0 Å². The zero-order valence-corrected chi connectivity index (χ0v) is 7.69. The summed E-state index contributed by atoms with van der Waals surface area (Å²) in [6, 6.07) is 0. The van der Waals surface area contributed by atoms with Gasteiger partial charge in [0.25, 0.3) is 5.91 Å². The SMILES string of the molecule is CC1(CNC(=O)C(C)(F)F)COC1. The number of rotatable bonds is 3. The van der Waals surface area contributed by atoms with Crippen molar-refractivity contribution in [1.82, 2.24) is 5.32 Å². The first kappa shape index (κ1) is 10.4. The van der Waals surface area contributed by atoms with Crippen molar-refractivity contribution >= 4 is 5.91 Å². The highest BCUT2D eigenvalue weighted by molar-refractivity contribution is 5.82. The molecule has 1 saturated heterocycles. The maximum absolute atomic E-state index is 12.4. The van der Waals surface area contributed by atoms with Crippen LogP contribution in [0.3, 0.4) is 0 Å². The summed E-state index contributed by atoms with van der Waals surface area (Å²) in [6.45, 7) is 3.74. The molecule has 0 aromatic carbocycles. The Morgan fingerprint density at radius 2 is 2.15 bits per heavy atom. The summed E-state index contributed by atoms with van der Waals surface area (Å²) < 4.78 is 29.7. The van der Waals surface area contributed by atoms with Crippen LogP contribution in [-0.2, 0) is 9.53 Å². The highest BCUT2D eigenvalue weighted by Gasteiger charge is 2.37. The lowest BCUT2D eigenvalue weighted by Gasteiger charge is -2.38. The summed E-state index contributed by atoms with van der Waals surface area (Å²) in [5, 5.41) is 2.20. The van der Waals surface area contributed by atoms with Gasteiger partial charge in [0, 0.05) is 18.9 Å². The van der Waals surface area contributed by atoms with Crippen LogP contribution in [0, 0.1) is 5.41 Å². The molecule has 3 nitrogen and oxygen atoms in total. The number of nitrogens with one attached hydrogen (secondary N) is 1. The average Bonchev–Trinajstić information content (AvgIpc) is 1.94. The van der Waals surface area contributed by atoms with Gasteiger partial charge >= 0.3 is 5.92 Å². The molecule has 5 heteroatoms. The first-order valence-corrected chi connectivity index (χ1v) is 4.07. The molecule has 0 spiro atoms. The largest absolute Gasteiger partial charge is 0.380 e. The quantitative estimate of drug-likeness (QED) is 0.719. The van der Waals surface area contributed by atoms with Crippen molar-refractivity contribution < 1.29 is 18.3 Å². The van der Waals surface area contributed by atoms with Gasteiger partial charge in [-0.05, 0) is 0 Å². The molecule has 13 heavy (non-hydrogen) atoms. The molecule has 76 valence electrons. The first-order chi connectivity index (χ1) is 5.83. The molecule has 1 rings (SSSR count). The van der Waals surface area contributed by atoms with Crippen molar-refractivity contribution in [2.45, 2.75) is 19.8 Å². The second-order valence-corrected chi connectivity index (χ2v) is 3.87. The molecule has 1 aliphatic heterocycles. The molecule has 0 radical (unpaired) electrons. The summed E-state index contributed by atoms with van der Waals surface area (Å²) in [7, 11) is 0. The Labute approximate surface area is 75.4 Å². The van der Waals surface area contributed by atoms with Crippen molar-refractivity contribution in [3.63, 3.8) is 0 Å². The summed E-state index contributed by atoms with van der Waals surface area (Å²) in [4.78, 5) is 10.7. The van der Waals surface area contributed by atoms with Gasteiger partial charge in [0.05, 0.1) is 13.2 Å². The van der Waals surface area contributed by atoms with E-state index in [1.807, 2.05) is 6.92 Å². The number of ether oxygens (including phenoxy) is 1. The molecule has 0 aliphatic carbocycles. The van der Waals surface area contributed by atoms with Gasteiger partial charge in [0.1, 0.15) is 0 Å². The van der Waals surface area contributed by atoms with Crippen LogP contribution in [0.2, 0.25) is 0 Å². The van der Waals surface area contributed by atoms with E-state index < -0.39 is 11.8 Å². The molecular weight excluding hydrogens is 180 g/mol. The van der Waals surface area contributed by atoms with Crippen LogP contribution >= 0.6 is 0 Å². The van der Waals surface area contributed by atoms with Gasteiger partial charge in [0.15, 0.2) is 0 Å². The van der Waals surface area contributed by atoms with Crippen LogP contribution in [0.25, 0.3) is 0 Å². The standard InChI is InChI=1S/C8H13F2NO2/c1-7(4-13-5-7)3-11-6(12)8(2,9)10/h3-5H2,1-2H3,(H,11,12). The van der Waals surface area contributed by atoms with Crippen LogP contribution < -0.4 is 5.32 Å². The number of hydrogen-bond donors (Lipinski definition) is 1. The fraction of sp³-hybridized carbons (Fsp3) is 0.875. The van der Waals surface area contributed by atoms with E-state index in [1.54, 1.807) is 0 Å². The van der Waals surface area contributed by atoms with Gasteiger partial charge in [-0.3, -0.25) is 4.79 Å². The van der Waals surface area contributed by atoms with Crippen molar-refractivity contribution in [3.8, 4) is 0 Å². The van der Waals surface area contributed by atoms with E-state index in [1.165, 1.54) is 0 Å². The lowest BCUT2D eigenvalue weighted by Crippen LogP contribution is -2.51. The number of hydrogen-bond acceptors (Lipinski definition) is 2.